The number of hydrogen-bond donors (Lipinski definition) is 0. The molecule has 0 amide bonds. The van der Waals surface area contributed by atoms with Crippen LogP contribution >= 0.6 is 0 Å². The molecule has 2 rings (SSSR count). The first kappa shape index (κ1) is 10.5. The largest absolute Gasteiger partial charge is 0.328 e. The molecule has 0 aliphatic rings. The average Bonchev–Trinajstić information content (AvgIpc) is 2.77. The maximum Gasteiger partial charge on any atom is 0.231 e. The number of rotatable bonds is 3. The molecule has 0 fully saturated rings. The van der Waals surface area contributed by atoms with Gasteiger partial charge >= 0.3 is 0 Å². The van der Waals surface area contributed by atoms with Crippen molar-refractivity contribution < 1.29 is 9.18 Å². The Balaban J connectivity index is 2.44. The molecule has 0 radical (unpaired) electrons. The third-order valence-electron chi connectivity index (χ3n) is 2.28. The quantitative estimate of drug-likeness (QED) is 0.738. The van der Waals surface area contributed by atoms with E-state index in [1.54, 1.807) is 10.8 Å². The maximum atomic E-state index is 13.3. The van der Waals surface area contributed by atoms with Crippen molar-refractivity contribution in [2.24, 2.45) is 0 Å². The predicted octanol–water partition coefficient (Wildman–Crippen LogP) is 1.67. The molecule has 0 saturated heterocycles. The van der Waals surface area contributed by atoms with Crippen LogP contribution in [-0.2, 0) is 6.54 Å². The van der Waals surface area contributed by atoms with E-state index in [-0.39, 0.29) is 11.4 Å². The Morgan fingerprint density at radius 3 is 3.00 bits per heavy atom. The first-order chi connectivity index (χ1) is 7.74. The van der Waals surface area contributed by atoms with E-state index in [1.807, 2.05) is 6.92 Å². The van der Waals surface area contributed by atoms with Gasteiger partial charge in [-0.05, 0) is 13.0 Å². The van der Waals surface area contributed by atoms with Crippen molar-refractivity contribution in [1.82, 2.24) is 14.5 Å². The highest BCUT2D eigenvalue weighted by molar-refractivity contribution is 6.06. The Labute approximate surface area is 91.8 Å². The molecular weight excluding hydrogens is 209 g/mol. The van der Waals surface area contributed by atoms with Crippen molar-refractivity contribution in [3.63, 3.8) is 0 Å². The van der Waals surface area contributed by atoms with Gasteiger partial charge in [-0.1, -0.05) is 0 Å². The summed E-state index contributed by atoms with van der Waals surface area (Å²) < 4.78 is 15.0. The van der Waals surface area contributed by atoms with Crippen LogP contribution in [-0.4, -0.2) is 20.3 Å². The third kappa shape index (κ3) is 1.71. The normalized spacial score (nSPS) is 10.4. The molecule has 0 N–H and O–H groups in total. The standard InChI is InChI=1S/C11H10FN3O/c1-2-15-6-5-14-11(15)10(16)8-3-4-13-7-9(8)12/h3-7H,2H2,1H3. The van der Waals surface area contributed by atoms with Crippen molar-refractivity contribution in [2.45, 2.75) is 13.5 Å². The number of aromatic nitrogens is 3. The molecule has 0 spiro atoms. The van der Waals surface area contributed by atoms with Crippen LogP contribution in [0.1, 0.15) is 23.1 Å². The van der Waals surface area contributed by atoms with Crippen molar-refractivity contribution in [3.05, 3.63) is 48.1 Å². The minimum absolute atomic E-state index is 0.00380. The van der Waals surface area contributed by atoms with Gasteiger partial charge in [0.05, 0.1) is 11.8 Å². The van der Waals surface area contributed by atoms with Gasteiger partial charge in [-0.15, -0.1) is 0 Å². The van der Waals surface area contributed by atoms with Crippen LogP contribution in [0.5, 0.6) is 0 Å². The summed E-state index contributed by atoms with van der Waals surface area (Å²) in [5.41, 5.74) is -0.00380. The van der Waals surface area contributed by atoms with E-state index in [0.717, 1.165) is 6.20 Å². The molecule has 2 aromatic rings. The molecule has 0 atom stereocenters. The number of carbonyl (C=O) groups excluding carboxylic acids is 1. The minimum atomic E-state index is -0.627. The average molecular weight is 219 g/mol. The topological polar surface area (TPSA) is 47.8 Å². The van der Waals surface area contributed by atoms with Gasteiger partial charge in [0.25, 0.3) is 0 Å². The number of aryl methyl sites for hydroxylation is 1. The van der Waals surface area contributed by atoms with E-state index >= 15 is 0 Å². The van der Waals surface area contributed by atoms with Crippen molar-refractivity contribution in [3.8, 4) is 0 Å². The lowest BCUT2D eigenvalue weighted by atomic mass is 10.1. The number of hydrogen-bond acceptors (Lipinski definition) is 3. The van der Waals surface area contributed by atoms with E-state index in [1.165, 1.54) is 18.5 Å². The fourth-order valence-corrected chi connectivity index (χ4v) is 1.45. The molecule has 4 nitrogen and oxygen atoms in total. The van der Waals surface area contributed by atoms with Crippen LogP contribution in [0, 0.1) is 5.82 Å². The molecule has 16 heavy (non-hydrogen) atoms. The first-order valence-corrected chi connectivity index (χ1v) is 4.89. The molecule has 2 heterocycles. The Kier molecular flexibility index (Phi) is 2.76. The monoisotopic (exact) mass is 219 g/mol. The summed E-state index contributed by atoms with van der Waals surface area (Å²) in [5, 5.41) is 0. The first-order valence-electron chi connectivity index (χ1n) is 4.89. The summed E-state index contributed by atoms with van der Waals surface area (Å²) in [5.74, 6) is -0.808. The van der Waals surface area contributed by atoms with Gasteiger partial charge in [0.1, 0.15) is 0 Å². The smallest absolute Gasteiger partial charge is 0.231 e. The number of imidazole rings is 1. The summed E-state index contributed by atoms with van der Waals surface area (Å²) >= 11 is 0. The predicted molar refractivity (Wildman–Crippen MR) is 55.5 cm³/mol. The van der Waals surface area contributed by atoms with Gasteiger partial charge in [0, 0.05) is 25.1 Å². The fraction of sp³-hybridized carbons (Fsp3) is 0.182. The van der Waals surface area contributed by atoms with Gasteiger partial charge in [-0.2, -0.15) is 0 Å². The van der Waals surface area contributed by atoms with Crippen molar-refractivity contribution in [2.75, 3.05) is 0 Å². The Hall–Kier alpha value is -2.04. The van der Waals surface area contributed by atoms with Gasteiger partial charge < -0.3 is 4.57 Å². The molecule has 0 bridgehead atoms. The zero-order valence-corrected chi connectivity index (χ0v) is 8.72. The summed E-state index contributed by atoms with van der Waals surface area (Å²) in [6.07, 6.45) is 5.62. The SMILES string of the molecule is CCn1ccnc1C(=O)c1ccncc1F. The van der Waals surface area contributed by atoms with E-state index in [4.69, 9.17) is 0 Å². The van der Waals surface area contributed by atoms with Gasteiger partial charge in [0.2, 0.25) is 5.78 Å². The fourth-order valence-electron chi connectivity index (χ4n) is 1.45. The van der Waals surface area contributed by atoms with Crippen LogP contribution in [0.25, 0.3) is 0 Å². The number of halogens is 1. The number of ketones is 1. The lowest BCUT2D eigenvalue weighted by Crippen LogP contribution is -2.12. The highest BCUT2D eigenvalue weighted by Gasteiger charge is 2.17. The second kappa shape index (κ2) is 4.22. The lowest BCUT2D eigenvalue weighted by molar-refractivity contribution is 0.102. The molecule has 0 aromatic carbocycles. The highest BCUT2D eigenvalue weighted by atomic mass is 19.1. The van der Waals surface area contributed by atoms with Crippen molar-refractivity contribution in [1.29, 1.82) is 0 Å². The second-order valence-electron chi connectivity index (χ2n) is 3.22. The highest BCUT2D eigenvalue weighted by Crippen LogP contribution is 2.11. The van der Waals surface area contributed by atoms with Crippen molar-refractivity contribution >= 4 is 5.78 Å². The van der Waals surface area contributed by atoms with Gasteiger partial charge in [-0.25, -0.2) is 9.37 Å². The Bertz CT molecular complexity index is 521. The zero-order chi connectivity index (χ0) is 11.5. The van der Waals surface area contributed by atoms with Crippen LogP contribution < -0.4 is 0 Å². The number of pyridine rings is 1. The summed E-state index contributed by atoms with van der Waals surface area (Å²) in [4.78, 5) is 19.5. The van der Waals surface area contributed by atoms with Gasteiger partial charge in [-0.3, -0.25) is 9.78 Å². The minimum Gasteiger partial charge on any atom is -0.328 e. The third-order valence-corrected chi connectivity index (χ3v) is 2.28. The van der Waals surface area contributed by atoms with E-state index in [9.17, 15) is 9.18 Å². The molecule has 82 valence electrons. The van der Waals surface area contributed by atoms with E-state index < -0.39 is 11.6 Å². The van der Waals surface area contributed by atoms with Crippen LogP contribution in [0.4, 0.5) is 4.39 Å². The molecular formula is C11H10FN3O. The number of nitrogens with zero attached hydrogens (tertiary/aromatic N) is 3. The molecule has 0 unspecified atom stereocenters. The summed E-state index contributed by atoms with van der Waals surface area (Å²) in [6.45, 7) is 2.51. The van der Waals surface area contributed by atoms with Crippen LogP contribution in [0.15, 0.2) is 30.9 Å². The molecule has 0 aliphatic carbocycles. The van der Waals surface area contributed by atoms with E-state index in [2.05, 4.69) is 9.97 Å². The van der Waals surface area contributed by atoms with Crippen LogP contribution in [0.2, 0.25) is 0 Å². The van der Waals surface area contributed by atoms with E-state index in [0.29, 0.717) is 6.54 Å². The number of carbonyl (C=O) groups is 1. The maximum absolute atomic E-state index is 13.3. The lowest BCUT2D eigenvalue weighted by Gasteiger charge is -2.04. The molecule has 0 saturated carbocycles. The molecule has 0 aliphatic heterocycles. The molecule has 5 heteroatoms. The van der Waals surface area contributed by atoms with Crippen LogP contribution in [0.3, 0.4) is 0 Å². The summed E-state index contributed by atoms with van der Waals surface area (Å²) in [6, 6.07) is 1.35. The Morgan fingerprint density at radius 1 is 1.50 bits per heavy atom. The van der Waals surface area contributed by atoms with Gasteiger partial charge in [0.15, 0.2) is 11.6 Å². The zero-order valence-electron chi connectivity index (χ0n) is 8.72. The Morgan fingerprint density at radius 2 is 2.31 bits per heavy atom. The summed E-state index contributed by atoms with van der Waals surface area (Å²) in [7, 11) is 0. The second-order valence-corrected chi connectivity index (χ2v) is 3.22. The molecule has 2 aromatic heterocycles.